The lowest BCUT2D eigenvalue weighted by molar-refractivity contribution is -0.130. The summed E-state index contributed by atoms with van der Waals surface area (Å²) in [5, 5.41) is 3.31. The van der Waals surface area contributed by atoms with Crippen LogP contribution in [0.2, 0.25) is 0 Å². The van der Waals surface area contributed by atoms with E-state index in [9.17, 15) is 4.79 Å². The number of hydrogen-bond acceptors (Lipinski definition) is 3. The number of carbonyl (C=O) groups is 1. The number of thiophene rings is 1. The third kappa shape index (κ3) is 3.32. The fourth-order valence-electron chi connectivity index (χ4n) is 1.60. The molecular formula is C12H20N2OS. The molecule has 0 aliphatic carbocycles. The molecule has 0 spiro atoms. The van der Waals surface area contributed by atoms with Gasteiger partial charge in [-0.15, -0.1) is 11.3 Å². The highest BCUT2D eigenvalue weighted by Crippen LogP contribution is 2.22. The summed E-state index contributed by atoms with van der Waals surface area (Å²) < 4.78 is 0. The van der Waals surface area contributed by atoms with Crippen molar-refractivity contribution in [2.75, 3.05) is 14.1 Å². The molecule has 2 atom stereocenters. The van der Waals surface area contributed by atoms with Crippen molar-refractivity contribution >= 4 is 17.2 Å². The summed E-state index contributed by atoms with van der Waals surface area (Å²) in [4.78, 5) is 15.9. The van der Waals surface area contributed by atoms with Gasteiger partial charge in [0.25, 0.3) is 0 Å². The number of amides is 1. The van der Waals surface area contributed by atoms with Crippen LogP contribution < -0.4 is 5.32 Å². The van der Waals surface area contributed by atoms with Gasteiger partial charge in [0.1, 0.15) is 0 Å². The van der Waals surface area contributed by atoms with Crippen LogP contribution in [0.3, 0.4) is 0 Å². The van der Waals surface area contributed by atoms with Crippen molar-refractivity contribution in [1.82, 2.24) is 10.2 Å². The van der Waals surface area contributed by atoms with Gasteiger partial charge in [-0.2, -0.15) is 0 Å². The fourth-order valence-corrected chi connectivity index (χ4v) is 2.49. The predicted molar refractivity (Wildman–Crippen MR) is 68.8 cm³/mol. The summed E-state index contributed by atoms with van der Waals surface area (Å²) in [5.41, 5.74) is 0. The Kier molecular flexibility index (Phi) is 4.50. The first-order chi connectivity index (χ1) is 7.41. The molecule has 0 aliphatic heterocycles. The Morgan fingerprint density at radius 3 is 2.44 bits per heavy atom. The van der Waals surface area contributed by atoms with Crippen molar-refractivity contribution < 1.29 is 4.79 Å². The van der Waals surface area contributed by atoms with Crippen molar-refractivity contribution in [3.8, 4) is 0 Å². The van der Waals surface area contributed by atoms with Crippen LogP contribution in [0, 0.1) is 6.92 Å². The number of rotatable bonds is 4. The molecule has 1 heterocycles. The SMILES string of the molecule is Cc1ccc(C(C)N[C@H](C)C(=O)N(C)C)s1. The van der Waals surface area contributed by atoms with Gasteiger partial charge in [0.2, 0.25) is 5.91 Å². The van der Waals surface area contributed by atoms with Gasteiger partial charge < -0.3 is 4.90 Å². The monoisotopic (exact) mass is 240 g/mol. The lowest BCUT2D eigenvalue weighted by Gasteiger charge is -2.21. The Bertz CT molecular complexity index is 360. The smallest absolute Gasteiger partial charge is 0.238 e. The topological polar surface area (TPSA) is 32.3 Å². The van der Waals surface area contributed by atoms with E-state index in [0.29, 0.717) is 0 Å². The van der Waals surface area contributed by atoms with Crippen molar-refractivity contribution in [3.05, 3.63) is 21.9 Å². The number of nitrogens with zero attached hydrogens (tertiary/aromatic N) is 1. The van der Waals surface area contributed by atoms with Crippen LogP contribution in [0.5, 0.6) is 0 Å². The molecule has 1 rings (SSSR count). The quantitative estimate of drug-likeness (QED) is 0.875. The van der Waals surface area contributed by atoms with Crippen LogP contribution in [0.25, 0.3) is 0 Å². The first kappa shape index (κ1) is 13.2. The van der Waals surface area contributed by atoms with E-state index in [0.717, 1.165) is 0 Å². The fraction of sp³-hybridized carbons (Fsp3) is 0.583. The normalized spacial score (nSPS) is 14.6. The molecule has 0 aliphatic rings. The second-order valence-electron chi connectivity index (χ2n) is 4.29. The summed E-state index contributed by atoms with van der Waals surface area (Å²) in [6.45, 7) is 6.08. The minimum absolute atomic E-state index is 0.111. The van der Waals surface area contributed by atoms with E-state index in [2.05, 4.69) is 31.3 Å². The molecule has 16 heavy (non-hydrogen) atoms. The molecule has 3 nitrogen and oxygen atoms in total. The molecule has 0 radical (unpaired) electrons. The van der Waals surface area contributed by atoms with Crippen molar-refractivity contribution in [3.63, 3.8) is 0 Å². The number of likely N-dealkylation sites (N-methyl/N-ethyl adjacent to an activating group) is 1. The van der Waals surface area contributed by atoms with E-state index >= 15 is 0 Å². The predicted octanol–water partition coefficient (Wildman–Crippen LogP) is 2.18. The van der Waals surface area contributed by atoms with Gasteiger partial charge in [-0.1, -0.05) is 0 Å². The first-order valence-corrected chi connectivity index (χ1v) is 6.27. The lowest BCUT2D eigenvalue weighted by atomic mass is 10.2. The summed E-state index contributed by atoms with van der Waals surface area (Å²) in [5.74, 6) is 0.111. The highest BCUT2D eigenvalue weighted by Gasteiger charge is 2.18. The molecule has 90 valence electrons. The van der Waals surface area contributed by atoms with E-state index in [-0.39, 0.29) is 18.0 Å². The maximum atomic E-state index is 11.7. The van der Waals surface area contributed by atoms with Gasteiger partial charge in [0.15, 0.2) is 0 Å². The minimum Gasteiger partial charge on any atom is -0.347 e. The van der Waals surface area contributed by atoms with E-state index in [1.54, 1.807) is 30.3 Å². The van der Waals surface area contributed by atoms with E-state index in [4.69, 9.17) is 0 Å². The molecule has 1 unspecified atom stereocenters. The Morgan fingerprint density at radius 1 is 1.38 bits per heavy atom. The molecule has 0 saturated carbocycles. The van der Waals surface area contributed by atoms with Crippen molar-refractivity contribution in [2.24, 2.45) is 0 Å². The van der Waals surface area contributed by atoms with Crippen LogP contribution in [-0.2, 0) is 4.79 Å². The van der Waals surface area contributed by atoms with E-state index in [1.165, 1.54) is 9.75 Å². The van der Waals surface area contributed by atoms with Crippen LogP contribution in [-0.4, -0.2) is 30.9 Å². The van der Waals surface area contributed by atoms with Crippen molar-refractivity contribution in [2.45, 2.75) is 32.9 Å². The van der Waals surface area contributed by atoms with Crippen molar-refractivity contribution in [1.29, 1.82) is 0 Å². The molecule has 4 heteroatoms. The second-order valence-corrected chi connectivity index (χ2v) is 5.61. The Labute approximate surface area is 101 Å². The summed E-state index contributed by atoms with van der Waals surface area (Å²) in [6.07, 6.45) is 0. The van der Waals surface area contributed by atoms with Crippen LogP contribution in [0.4, 0.5) is 0 Å². The second kappa shape index (κ2) is 5.46. The zero-order valence-electron chi connectivity index (χ0n) is 10.6. The van der Waals surface area contributed by atoms with Gasteiger partial charge in [0.05, 0.1) is 6.04 Å². The summed E-state index contributed by atoms with van der Waals surface area (Å²) in [7, 11) is 3.56. The van der Waals surface area contributed by atoms with Crippen LogP contribution >= 0.6 is 11.3 Å². The average Bonchev–Trinajstić information content (AvgIpc) is 2.63. The molecule has 1 aromatic rings. The number of aryl methyl sites for hydroxylation is 1. The van der Waals surface area contributed by atoms with Crippen LogP contribution in [0.1, 0.15) is 29.6 Å². The minimum atomic E-state index is -0.146. The average molecular weight is 240 g/mol. The largest absolute Gasteiger partial charge is 0.347 e. The molecule has 0 saturated heterocycles. The van der Waals surface area contributed by atoms with Gasteiger partial charge in [-0.05, 0) is 32.9 Å². The third-order valence-corrected chi connectivity index (χ3v) is 3.68. The molecule has 0 bridgehead atoms. The van der Waals surface area contributed by atoms with E-state index < -0.39 is 0 Å². The Balaban J connectivity index is 2.58. The molecule has 1 aromatic heterocycles. The standard InChI is InChI=1S/C12H20N2OS/c1-8-6-7-11(16-8)9(2)13-10(3)12(15)14(4)5/h6-7,9-10,13H,1-5H3/t9?,10-/m1/s1. The number of nitrogens with one attached hydrogen (secondary N) is 1. The highest BCUT2D eigenvalue weighted by molar-refractivity contribution is 7.12. The first-order valence-electron chi connectivity index (χ1n) is 5.45. The molecule has 1 N–H and O–H groups in total. The van der Waals surface area contributed by atoms with Gasteiger partial charge in [0, 0.05) is 29.9 Å². The Morgan fingerprint density at radius 2 is 2.00 bits per heavy atom. The molecule has 0 aromatic carbocycles. The van der Waals surface area contributed by atoms with Gasteiger partial charge in [-0.3, -0.25) is 10.1 Å². The summed E-state index contributed by atoms with van der Waals surface area (Å²) in [6, 6.07) is 4.30. The van der Waals surface area contributed by atoms with E-state index in [1.807, 2.05) is 6.92 Å². The summed E-state index contributed by atoms with van der Waals surface area (Å²) >= 11 is 1.77. The molecule has 0 fully saturated rings. The van der Waals surface area contributed by atoms with Crippen LogP contribution in [0.15, 0.2) is 12.1 Å². The number of hydrogen-bond donors (Lipinski definition) is 1. The van der Waals surface area contributed by atoms with Gasteiger partial charge in [-0.25, -0.2) is 0 Å². The van der Waals surface area contributed by atoms with Gasteiger partial charge >= 0.3 is 0 Å². The maximum absolute atomic E-state index is 11.7. The highest BCUT2D eigenvalue weighted by atomic mass is 32.1. The molecular weight excluding hydrogens is 220 g/mol. The third-order valence-electron chi connectivity index (χ3n) is 2.50. The lowest BCUT2D eigenvalue weighted by Crippen LogP contribution is -2.42. The Hall–Kier alpha value is -0.870. The zero-order valence-corrected chi connectivity index (χ0v) is 11.4. The number of carbonyl (C=O) groups excluding carboxylic acids is 1. The zero-order chi connectivity index (χ0) is 12.3. The molecule has 1 amide bonds. The maximum Gasteiger partial charge on any atom is 0.238 e.